The Balaban J connectivity index is 2.81. The van der Waals surface area contributed by atoms with Crippen LogP contribution in [-0.4, -0.2) is 34.1 Å². The maximum atomic E-state index is 12.4. The Kier molecular flexibility index (Phi) is 6.21. The van der Waals surface area contributed by atoms with Crippen molar-refractivity contribution in [3.8, 4) is 0 Å². The number of carbonyl (C=O) groups is 2. The molecule has 5 heteroatoms. The summed E-state index contributed by atoms with van der Waals surface area (Å²) in [7, 11) is 0. The van der Waals surface area contributed by atoms with Crippen LogP contribution in [0.3, 0.4) is 0 Å². The van der Waals surface area contributed by atoms with E-state index in [-0.39, 0.29) is 18.0 Å². The molecule has 0 aliphatic heterocycles. The minimum absolute atomic E-state index is 0.0215. The largest absolute Gasteiger partial charge is 0.480 e. The van der Waals surface area contributed by atoms with Gasteiger partial charge in [0.25, 0.3) is 0 Å². The summed E-state index contributed by atoms with van der Waals surface area (Å²) in [5.74, 6) is -1.18. The van der Waals surface area contributed by atoms with E-state index in [1.165, 1.54) is 0 Å². The first kappa shape index (κ1) is 17.0. The summed E-state index contributed by atoms with van der Waals surface area (Å²) >= 11 is 0. The SMILES string of the molecule is CC(C)C(NC(=O)N(Cc1ccccc1)C(C)C)C(=O)O. The van der Waals surface area contributed by atoms with Crippen LogP contribution in [0.4, 0.5) is 4.79 Å². The number of aliphatic carboxylic acids is 1. The van der Waals surface area contributed by atoms with Gasteiger partial charge in [-0.05, 0) is 25.3 Å². The molecule has 0 bridgehead atoms. The Morgan fingerprint density at radius 1 is 1.14 bits per heavy atom. The molecule has 0 saturated heterocycles. The van der Waals surface area contributed by atoms with Crippen molar-refractivity contribution in [3.05, 3.63) is 35.9 Å². The number of hydrogen-bond donors (Lipinski definition) is 2. The van der Waals surface area contributed by atoms with E-state index in [9.17, 15) is 9.59 Å². The summed E-state index contributed by atoms with van der Waals surface area (Å²) in [5, 5.41) is 11.8. The van der Waals surface area contributed by atoms with Gasteiger partial charge in [0.15, 0.2) is 0 Å². The molecule has 0 saturated carbocycles. The number of carboxylic acid groups (broad SMARTS) is 1. The van der Waals surface area contributed by atoms with Gasteiger partial charge < -0.3 is 15.3 Å². The average molecular weight is 292 g/mol. The molecule has 1 aromatic carbocycles. The van der Waals surface area contributed by atoms with Gasteiger partial charge >= 0.3 is 12.0 Å². The molecule has 21 heavy (non-hydrogen) atoms. The van der Waals surface area contributed by atoms with Gasteiger partial charge in [0.1, 0.15) is 6.04 Å². The average Bonchev–Trinajstić information content (AvgIpc) is 2.42. The minimum atomic E-state index is -1.01. The summed E-state index contributed by atoms with van der Waals surface area (Å²) in [6.45, 7) is 7.82. The topological polar surface area (TPSA) is 69.6 Å². The molecule has 0 aliphatic carbocycles. The highest BCUT2D eigenvalue weighted by molar-refractivity contribution is 5.82. The zero-order valence-corrected chi connectivity index (χ0v) is 13.0. The molecular formula is C16H24N2O3. The molecule has 1 unspecified atom stereocenters. The second kappa shape index (κ2) is 7.67. The van der Waals surface area contributed by atoms with Gasteiger partial charge in [-0.1, -0.05) is 44.2 Å². The van der Waals surface area contributed by atoms with E-state index in [2.05, 4.69) is 5.32 Å². The Morgan fingerprint density at radius 2 is 1.71 bits per heavy atom. The van der Waals surface area contributed by atoms with Gasteiger partial charge in [0.2, 0.25) is 0 Å². The third-order valence-corrected chi connectivity index (χ3v) is 3.29. The van der Waals surface area contributed by atoms with Crippen LogP contribution in [0.15, 0.2) is 30.3 Å². The maximum absolute atomic E-state index is 12.4. The van der Waals surface area contributed by atoms with E-state index < -0.39 is 12.0 Å². The van der Waals surface area contributed by atoms with E-state index in [0.717, 1.165) is 5.56 Å². The van der Waals surface area contributed by atoms with Gasteiger partial charge in [-0.2, -0.15) is 0 Å². The van der Waals surface area contributed by atoms with E-state index >= 15 is 0 Å². The highest BCUT2D eigenvalue weighted by Crippen LogP contribution is 2.10. The van der Waals surface area contributed by atoms with Crippen molar-refractivity contribution in [1.29, 1.82) is 0 Å². The van der Waals surface area contributed by atoms with Gasteiger partial charge in [0, 0.05) is 12.6 Å². The molecule has 2 amide bonds. The number of amides is 2. The normalized spacial score (nSPS) is 12.3. The Hall–Kier alpha value is -2.04. The van der Waals surface area contributed by atoms with E-state index in [1.54, 1.807) is 18.7 Å². The molecule has 0 aliphatic rings. The van der Waals surface area contributed by atoms with Gasteiger partial charge in [-0.25, -0.2) is 9.59 Å². The minimum Gasteiger partial charge on any atom is -0.480 e. The summed E-state index contributed by atoms with van der Waals surface area (Å²) in [5.41, 5.74) is 1.01. The highest BCUT2D eigenvalue weighted by atomic mass is 16.4. The predicted molar refractivity (Wildman–Crippen MR) is 81.9 cm³/mol. The lowest BCUT2D eigenvalue weighted by Gasteiger charge is -2.29. The molecule has 1 aromatic rings. The predicted octanol–water partition coefficient (Wildman–Crippen LogP) is 2.72. The summed E-state index contributed by atoms with van der Waals surface area (Å²) in [4.78, 5) is 25.2. The number of carboxylic acids is 1. The number of nitrogens with one attached hydrogen (secondary N) is 1. The standard InChI is InChI=1S/C16H24N2O3/c1-11(2)14(15(19)20)17-16(21)18(12(3)4)10-13-8-6-5-7-9-13/h5-9,11-12,14H,10H2,1-4H3,(H,17,21)(H,19,20). The Bertz CT molecular complexity index is 472. The second-order valence-electron chi connectivity index (χ2n) is 5.72. The Morgan fingerprint density at radius 3 is 2.14 bits per heavy atom. The van der Waals surface area contributed by atoms with Gasteiger partial charge in [-0.15, -0.1) is 0 Å². The van der Waals surface area contributed by atoms with Crippen molar-refractivity contribution in [2.75, 3.05) is 0 Å². The molecule has 2 N–H and O–H groups in total. The van der Waals surface area contributed by atoms with Crippen LogP contribution in [0.25, 0.3) is 0 Å². The first-order valence-electron chi connectivity index (χ1n) is 7.16. The lowest BCUT2D eigenvalue weighted by atomic mass is 10.1. The zero-order valence-electron chi connectivity index (χ0n) is 13.0. The van der Waals surface area contributed by atoms with Crippen molar-refractivity contribution in [1.82, 2.24) is 10.2 Å². The highest BCUT2D eigenvalue weighted by Gasteiger charge is 2.26. The summed E-state index contributed by atoms with van der Waals surface area (Å²) in [6.07, 6.45) is 0. The van der Waals surface area contributed by atoms with Crippen molar-refractivity contribution in [2.24, 2.45) is 5.92 Å². The number of carbonyl (C=O) groups excluding carboxylic acids is 1. The maximum Gasteiger partial charge on any atom is 0.326 e. The monoisotopic (exact) mass is 292 g/mol. The number of hydrogen-bond acceptors (Lipinski definition) is 2. The molecule has 1 atom stereocenters. The Labute approximate surface area is 126 Å². The van der Waals surface area contributed by atoms with E-state index in [1.807, 2.05) is 44.2 Å². The molecule has 0 radical (unpaired) electrons. The van der Waals surface area contributed by atoms with Gasteiger partial charge in [0.05, 0.1) is 0 Å². The van der Waals surface area contributed by atoms with Crippen molar-refractivity contribution in [3.63, 3.8) is 0 Å². The van der Waals surface area contributed by atoms with Crippen LogP contribution in [0, 0.1) is 5.92 Å². The first-order chi connectivity index (χ1) is 9.82. The zero-order chi connectivity index (χ0) is 16.0. The van der Waals surface area contributed by atoms with E-state index in [0.29, 0.717) is 6.54 Å². The summed E-state index contributed by atoms with van der Waals surface area (Å²) in [6, 6.07) is 8.39. The molecule has 5 nitrogen and oxygen atoms in total. The smallest absolute Gasteiger partial charge is 0.326 e. The molecule has 0 spiro atoms. The molecular weight excluding hydrogens is 268 g/mol. The van der Waals surface area contributed by atoms with Gasteiger partial charge in [-0.3, -0.25) is 0 Å². The first-order valence-corrected chi connectivity index (χ1v) is 7.16. The van der Waals surface area contributed by atoms with Crippen molar-refractivity contribution < 1.29 is 14.7 Å². The molecule has 0 fully saturated rings. The molecule has 0 aromatic heterocycles. The third-order valence-electron chi connectivity index (χ3n) is 3.29. The van der Waals surface area contributed by atoms with Crippen LogP contribution in [-0.2, 0) is 11.3 Å². The van der Waals surface area contributed by atoms with Crippen LogP contribution in [0.2, 0.25) is 0 Å². The third kappa shape index (κ3) is 5.10. The van der Waals surface area contributed by atoms with Crippen LogP contribution < -0.4 is 5.32 Å². The fourth-order valence-corrected chi connectivity index (χ4v) is 2.00. The molecule has 116 valence electrons. The quantitative estimate of drug-likeness (QED) is 0.847. The fourth-order valence-electron chi connectivity index (χ4n) is 2.00. The second-order valence-corrected chi connectivity index (χ2v) is 5.72. The van der Waals surface area contributed by atoms with Crippen molar-refractivity contribution >= 4 is 12.0 Å². The number of rotatable bonds is 6. The molecule has 1 rings (SSSR count). The molecule has 0 heterocycles. The fraction of sp³-hybridized carbons (Fsp3) is 0.500. The van der Waals surface area contributed by atoms with E-state index in [4.69, 9.17) is 5.11 Å². The van der Waals surface area contributed by atoms with Crippen LogP contribution in [0.1, 0.15) is 33.3 Å². The summed E-state index contributed by atoms with van der Waals surface area (Å²) < 4.78 is 0. The lowest BCUT2D eigenvalue weighted by molar-refractivity contribution is -0.140. The van der Waals surface area contributed by atoms with Crippen LogP contribution >= 0.6 is 0 Å². The number of urea groups is 1. The number of nitrogens with zero attached hydrogens (tertiary/aromatic N) is 1. The lowest BCUT2D eigenvalue weighted by Crippen LogP contribution is -2.51. The number of benzene rings is 1. The van der Waals surface area contributed by atoms with Crippen molar-refractivity contribution in [2.45, 2.75) is 46.3 Å². The van der Waals surface area contributed by atoms with Crippen LogP contribution in [0.5, 0.6) is 0 Å².